The van der Waals surface area contributed by atoms with Gasteiger partial charge in [-0.15, -0.1) is 11.3 Å². The molecule has 0 bridgehead atoms. The van der Waals surface area contributed by atoms with Crippen molar-refractivity contribution >= 4 is 39.1 Å². The number of fused-ring (bicyclic) bond motifs is 3. The van der Waals surface area contributed by atoms with E-state index in [1.165, 1.54) is 15.8 Å². The summed E-state index contributed by atoms with van der Waals surface area (Å²) in [4.78, 5) is 14.7. The number of thioether (sulfide) groups is 1. The molecule has 1 unspecified atom stereocenters. The molecule has 160 valence electrons. The van der Waals surface area contributed by atoms with Crippen molar-refractivity contribution in [2.24, 2.45) is 0 Å². The Morgan fingerprint density at radius 3 is 2.79 bits per heavy atom. The number of nitrogens with zero attached hydrogens (tertiary/aromatic N) is 3. The minimum Gasteiger partial charge on any atom is -0.379 e. The fourth-order valence-corrected chi connectivity index (χ4v) is 5.70. The zero-order chi connectivity index (χ0) is 20.4. The van der Waals surface area contributed by atoms with Gasteiger partial charge in [0.15, 0.2) is 5.16 Å². The van der Waals surface area contributed by atoms with E-state index >= 15 is 0 Å². The van der Waals surface area contributed by atoms with E-state index < -0.39 is 0 Å². The highest BCUT2D eigenvalue weighted by Crippen LogP contribution is 2.42. The first kappa shape index (κ1) is 21.3. The lowest BCUT2D eigenvalue weighted by Crippen LogP contribution is -2.39. The van der Waals surface area contributed by atoms with Gasteiger partial charge in [-0.3, -0.25) is 4.90 Å². The minimum absolute atomic E-state index is 0.0998. The van der Waals surface area contributed by atoms with Gasteiger partial charge in [-0.1, -0.05) is 32.5 Å². The van der Waals surface area contributed by atoms with Gasteiger partial charge in [0.1, 0.15) is 10.6 Å². The second kappa shape index (κ2) is 9.06. The molecular formula is C21H32N4O2S2. The van der Waals surface area contributed by atoms with Crippen LogP contribution in [0.3, 0.4) is 0 Å². The maximum atomic E-state index is 6.18. The standard InChI is InChI=1S/C21H32N4O2S2/c1-5-21(4)12-15-16(13-27-21)29-19-17(15)18(23-20(24-19)28-14(2)3)22-6-7-25-8-10-26-11-9-25/h14H,5-13H2,1-4H3,(H,22,23,24). The summed E-state index contributed by atoms with van der Waals surface area (Å²) in [6, 6.07) is 0. The number of morpholine rings is 1. The van der Waals surface area contributed by atoms with Crippen LogP contribution in [-0.2, 0) is 22.5 Å². The minimum atomic E-state index is -0.0998. The van der Waals surface area contributed by atoms with Crippen molar-refractivity contribution in [1.82, 2.24) is 14.9 Å². The summed E-state index contributed by atoms with van der Waals surface area (Å²) in [7, 11) is 0. The highest BCUT2D eigenvalue weighted by molar-refractivity contribution is 7.99. The van der Waals surface area contributed by atoms with Gasteiger partial charge in [-0.2, -0.15) is 0 Å². The van der Waals surface area contributed by atoms with Crippen molar-refractivity contribution in [2.75, 3.05) is 44.7 Å². The second-order valence-electron chi connectivity index (χ2n) is 8.36. The lowest BCUT2D eigenvalue weighted by molar-refractivity contribution is -0.0542. The van der Waals surface area contributed by atoms with Crippen LogP contribution in [-0.4, -0.2) is 65.1 Å². The predicted molar refractivity (Wildman–Crippen MR) is 121 cm³/mol. The third kappa shape index (κ3) is 4.88. The number of ether oxygens (including phenoxy) is 2. The summed E-state index contributed by atoms with van der Waals surface area (Å²) in [6.07, 6.45) is 1.93. The molecule has 2 aliphatic rings. The van der Waals surface area contributed by atoms with Gasteiger partial charge in [0, 0.05) is 42.7 Å². The summed E-state index contributed by atoms with van der Waals surface area (Å²) in [5, 5.41) is 6.17. The van der Waals surface area contributed by atoms with E-state index in [0.717, 1.165) is 68.0 Å². The van der Waals surface area contributed by atoms with Crippen LogP contribution in [0.2, 0.25) is 0 Å². The zero-order valence-corrected chi connectivity index (χ0v) is 19.5. The smallest absolute Gasteiger partial charge is 0.191 e. The van der Waals surface area contributed by atoms with Crippen LogP contribution >= 0.6 is 23.1 Å². The van der Waals surface area contributed by atoms with Crippen molar-refractivity contribution in [1.29, 1.82) is 0 Å². The molecule has 1 saturated heterocycles. The van der Waals surface area contributed by atoms with Crippen molar-refractivity contribution in [3.8, 4) is 0 Å². The lowest BCUT2D eigenvalue weighted by atomic mass is 9.90. The number of hydrogen-bond donors (Lipinski definition) is 1. The van der Waals surface area contributed by atoms with E-state index in [0.29, 0.717) is 11.9 Å². The highest BCUT2D eigenvalue weighted by Gasteiger charge is 2.33. The fourth-order valence-electron chi connectivity index (χ4n) is 3.83. The van der Waals surface area contributed by atoms with Crippen LogP contribution in [0.25, 0.3) is 10.2 Å². The Hall–Kier alpha value is -0.930. The Kier molecular flexibility index (Phi) is 6.65. The molecule has 8 heteroatoms. The van der Waals surface area contributed by atoms with Crippen LogP contribution in [0, 0.1) is 0 Å². The Bertz CT molecular complexity index is 851. The summed E-state index contributed by atoms with van der Waals surface area (Å²) in [6.45, 7) is 15.0. The molecular weight excluding hydrogens is 404 g/mol. The Morgan fingerprint density at radius 1 is 1.28 bits per heavy atom. The average molecular weight is 437 g/mol. The fraction of sp³-hybridized carbons (Fsp3) is 0.714. The van der Waals surface area contributed by atoms with E-state index in [1.54, 1.807) is 23.1 Å². The van der Waals surface area contributed by atoms with Crippen molar-refractivity contribution in [2.45, 2.75) is 63.2 Å². The number of thiophene rings is 1. The average Bonchev–Trinajstić information content (AvgIpc) is 3.05. The normalized spacial score (nSPS) is 22.9. The van der Waals surface area contributed by atoms with Gasteiger partial charge in [0.05, 0.1) is 30.8 Å². The topological polar surface area (TPSA) is 59.5 Å². The molecule has 0 saturated carbocycles. The molecule has 0 radical (unpaired) electrons. The largest absolute Gasteiger partial charge is 0.379 e. The van der Waals surface area contributed by atoms with Crippen molar-refractivity contribution in [3.63, 3.8) is 0 Å². The van der Waals surface area contributed by atoms with Gasteiger partial charge in [-0.25, -0.2) is 9.97 Å². The molecule has 4 rings (SSSR count). The Balaban J connectivity index is 1.63. The summed E-state index contributed by atoms with van der Waals surface area (Å²) in [5.41, 5.74) is 1.29. The Labute approximate surface area is 181 Å². The molecule has 1 atom stereocenters. The van der Waals surface area contributed by atoms with Gasteiger partial charge in [0.2, 0.25) is 0 Å². The first-order chi connectivity index (χ1) is 14.0. The summed E-state index contributed by atoms with van der Waals surface area (Å²) in [5.74, 6) is 0.990. The highest BCUT2D eigenvalue weighted by atomic mass is 32.2. The maximum Gasteiger partial charge on any atom is 0.191 e. The summed E-state index contributed by atoms with van der Waals surface area (Å²) >= 11 is 3.50. The van der Waals surface area contributed by atoms with E-state index in [2.05, 4.69) is 37.9 Å². The first-order valence-electron chi connectivity index (χ1n) is 10.6. The van der Waals surface area contributed by atoms with E-state index in [1.807, 2.05) is 0 Å². The van der Waals surface area contributed by atoms with E-state index in [9.17, 15) is 0 Å². The lowest BCUT2D eigenvalue weighted by Gasteiger charge is -2.33. The van der Waals surface area contributed by atoms with Gasteiger partial charge >= 0.3 is 0 Å². The monoisotopic (exact) mass is 436 g/mol. The van der Waals surface area contributed by atoms with E-state index in [4.69, 9.17) is 19.4 Å². The molecule has 2 aliphatic heterocycles. The maximum absolute atomic E-state index is 6.18. The number of aromatic nitrogens is 2. The number of anilines is 1. The van der Waals surface area contributed by atoms with Crippen molar-refractivity contribution in [3.05, 3.63) is 10.4 Å². The number of nitrogens with one attached hydrogen (secondary N) is 1. The third-order valence-corrected chi connectivity index (χ3v) is 7.69. The molecule has 1 N–H and O–H groups in total. The van der Waals surface area contributed by atoms with Crippen LogP contribution in [0.15, 0.2) is 5.16 Å². The van der Waals surface area contributed by atoms with Gasteiger partial charge in [-0.05, 0) is 18.9 Å². The molecule has 2 aromatic rings. The quantitative estimate of drug-likeness (QED) is 0.516. The van der Waals surface area contributed by atoms with E-state index in [-0.39, 0.29) is 5.60 Å². The summed E-state index contributed by atoms with van der Waals surface area (Å²) < 4.78 is 11.6. The molecule has 29 heavy (non-hydrogen) atoms. The molecule has 0 aliphatic carbocycles. The first-order valence-corrected chi connectivity index (χ1v) is 12.3. The predicted octanol–water partition coefficient (Wildman–Crippen LogP) is 4.18. The molecule has 4 heterocycles. The number of hydrogen-bond acceptors (Lipinski definition) is 8. The molecule has 6 nitrogen and oxygen atoms in total. The molecule has 2 aromatic heterocycles. The van der Waals surface area contributed by atoms with Crippen LogP contribution in [0.4, 0.5) is 5.82 Å². The molecule has 0 aromatic carbocycles. The molecule has 1 fully saturated rings. The van der Waals surface area contributed by atoms with Gasteiger partial charge < -0.3 is 14.8 Å². The SMILES string of the molecule is CCC1(C)Cc2c(sc3nc(SC(C)C)nc(NCCN4CCOCC4)c23)CO1. The van der Waals surface area contributed by atoms with Crippen molar-refractivity contribution < 1.29 is 9.47 Å². The molecule has 0 spiro atoms. The van der Waals surface area contributed by atoms with Gasteiger partial charge in [0.25, 0.3) is 0 Å². The van der Waals surface area contributed by atoms with Crippen LogP contribution in [0.1, 0.15) is 44.6 Å². The number of rotatable bonds is 7. The van der Waals surface area contributed by atoms with Crippen LogP contribution < -0.4 is 5.32 Å². The third-order valence-electron chi connectivity index (χ3n) is 5.73. The van der Waals surface area contributed by atoms with Crippen LogP contribution in [0.5, 0.6) is 0 Å². The Morgan fingerprint density at radius 2 is 2.07 bits per heavy atom. The molecule has 0 amide bonds. The zero-order valence-electron chi connectivity index (χ0n) is 17.9. The second-order valence-corrected chi connectivity index (χ2v) is 11.0.